The molecule has 1 aromatic heterocycles. The standard InChI is InChI=1S/C17H17NO2/c1-17(2,12-7-9-18-10-8-12)14-11-20-15-6-4-3-5-13(15)16(14)19/h3-10,14H,11H2,1-2H3. The molecule has 20 heavy (non-hydrogen) atoms. The van der Waals surface area contributed by atoms with E-state index in [1.165, 1.54) is 0 Å². The van der Waals surface area contributed by atoms with Crippen molar-refractivity contribution in [3.63, 3.8) is 0 Å². The second-order valence-corrected chi connectivity index (χ2v) is 5.68. The smallest absolute Gasteiger partial charge is 0.173 e. The van der Waals surface area contributed by atoms with Crippen LogP contribution in [-0.2, 0) is 5.41 Å². The van der Waals surface area contributed by atoms with Crippen LogP contribution in [0.4, 0.5) is 0 Å². The van der Waals surface area contributed by atoms with Gasteiger partial charge in [0.1, 0.15) is 5.75 Å². The van der Waals surface area contributed by atoms with Crippen LogP contribution in [0, 0.1) is 5.92 Å². The summed E-state index contributed by atoms with van der Waals surface area (Å²) >= 11 is 0. The summed E-state index contributed by atoms with van der Waals surface area (Å²) in [4.78, 5) is 16.8. The molecule has 1 atom stereocenters. The van der Waals surface area contributed by atoms with E-state index in [0.29, 0.717) is 17.9 Å². The Morgan fingerprint density at radius 2 is 1.85 bits per heavy atom. The summed E-state index contributed by atoms with van der Waals surface area (Å²) < 4.78 is 5.78. The van der Waals surface area contributed by atoms with Crippen LogP contribution in [0.3, 0.4) is 0 Å². The summed E-state index contributed by atoms with van der Waals surface area (Å²) in [6.07, 6.45) is 3.53. The number of hydrogen-bond acceptors (Lipinski definition) is 3. The van der Waals surface area contributed by atoms with Gasteiger partial charge in [0.25, 0.3) is 0 Å². The molecular formula is C17H17NO2. The van der Waals surface area contributed by atoms with E-state index in [9.17, 15) is 4.79 Å². The van der Waals surface area contributed by atoms with Gasteiger partial charge in [0.15, 0.2) is 5.78 Å². The minimum absolute atomic E-state index is 0.161. The Kier molecular flexibility index (Phi) is 3.05. The predicted molar refractivity (Wildman–Crippen MR) is 77.0 cm³/mol. The van der Waals surface area contributed by atoms with Crippen molar-refractivity contribution in [3.8, 4) is 5.75 Å². The van der Waals surface area contributed by atoms with Gasteiger partial charge >= 0.3 is 0 Å². The molecule has 1 unspecified atom stereocenters. The van der Waals surface area contributed by atoms with Crippen molar-refractivity contribution in [2.45, 2.75) is 19.3 Å². The molecule has 0 saturated carbocycles. The van der Waals surface area contributed by atoms with Crippen LogP contribution in [0.2, 0.25) is 0 Å². The molecule has 1 aliphatic heterocycles. The number of fused-ring (bicyclic) bond motifs is 1. The number of rotatable bonds is 2. The first-order valence-electron chi connectivity index (χ1n) is 6.77. The maximum atomic E-state index is 12.7. The summed E-state index contributed by atoms with van der Waals surface area (Å²) in [5.41, 5.74) is 1.51. The lowest BCUT2D eigenvalue weighted by molar-refractivity contribution is 0.0737. The third kappa shape index (κ3) is 1.99. The Labute approximate surface area is 118 Å². The number of carbonyl (C=O) groups is 1. The highest BCUT2D eigenvalue weighted by Gasteiger charge is 2.40. The molecule has 1 aliphatic rings. The number of aromatic nitrogens is 1. The molecule has 0 N–H and O–H groups in total. The average Bonchev–Trinajstić information content (AvgIpc) is 2.48. The highest BCUT2D eigenvalue weighted by Crippen LogP contribution is 2.38. The number of carbonyl (C=O) groups excluding carboxylic acids is 1. The van der Waals surface area contributed by atoms with Crippen LogP contribution in [0.5, 0.6) is 5.75 Å². The number of benzene rings is 1. The third-order valence-electron chi connectivity index (χ3n) is 4.17. The van der Waals surface area contributed by atoms with Gasteiger partial charge in [-0.25, -0.2) is 0 Å². The topological polar surface area (TPSA) is 39.2 Å². The molecule has 3 rings (SSSR count). The van der Waals surface area contributed by atoms with Gasteiger partial charge in [0.05, 0.1) is 18.1 Å². The van der Waals surface area contributed by atoms with E-state index in [1.807, 2.05) is 36.4 Å². The molecule has 0 amide bonds. The Morgan fingerprint density at radius 1 is 1.15 bits per heavy atom. The van der Waals surface area contributed by atoms with E-state index in [1.54, 1.807) is 12.4 Å². The number of hydrogen-bond donors (Lipinski definition) is 0. The minimum Gasteiger partial charge on any atom is -0.492 e. The van der Waals surface area contributed by atoms with Crippen LogP contribution < -0.4 is 4.74 Å². The molecule has 0 bridgehead atoms. The zero-order chi connectivity index (χ0) is 14.2. The molecule has 0 fully saturated rings. The van der Waals surface area contributed by atoms with Gasteiger partial charge in [-0.2, -0.15) is 0 Å². The van der Waals surface area contributed by atoms with Gasteiger partial charge in [-0.1, -0.05) is 26.0 Å². The van der Waals surface area contributed by atoms with Gasteiger partial charge in [0.2, 0.25) is 0 Å². The van der Waals surface area contributed by atoms with Gasteiger partial charge in [-0.15, -0.1) is 0 Å². The summed E-state index contributed by atoms with van der Waals surface area (Å²) in [6.45, 7) is 4.59. The maximum absolute atomic E-state index is 12.7. The maximum Gasteiger partial charge on any atom is 0.173 e. The highest BCUT2D eigenvalue weighted by molar-refractivity contribution is 6.02. The first-order chi connectivity index (χ1) is 9.60. The van der Waals surface area contributed by atoms with E-state index in [0.717, 1.165) is 5.56 Å². The molecule has 3 nitrogen and oxygen atoms in total. The summed E-state index contributed by atoms with van der Waals surface area (Å²) in [5, 5.41) is 0. The molecule has 1 aromatic carbocycles. The molecule has 0 spiro atoms. The van der Waals surface area contributed by atoms with E-state index in [4.69, 9.17) is 4.74 Å². The van der Waals surface area contributed by atoms with Crippen molar-refractivity contribution in [1.29, 1.82) is 0 Å². The second kappa shape index (κ2) is 4.75. The number of ketones is 1. The van der Waals surface area contributed by atoms with Gasteiger partial charge in [-0.3, -0.25) is 9.78 Å². The first-order valence-corrected chi connectivity index (χ1v) is 6.77. The van der Waals surface area contributed by atoms with Crippen molar-refractivity contribution in [2.24, 2.45) is 5.92 Å². The molecule has 0 saturated heterocycles. The molecular weight excluding hydrogens is 250 g/mol. The average molecular weight is 267 g/mol. The fraction of sp³-hybridized carbons (Fsp3) is 0.294. The van der Waals surface area contributed by atoms with Crippen molar-refractivity contribution < 1.29 is 9.53 Å². The largest absolute Gasteiger partial charge is 0.492 e. The summed E-state index contributed by atoms with van der Waals surface area (Å²) in [5.74, 6) is 0.674. The van der Waals surface area contributed by atoms with E-state index in [-0.39, 0.29) is 17.1 Å². The number of Topliss-reactive ketones (excluding diaryl/α,β-unsaturated/α-hetero) is 1. The van der Waals surface area contributed by atoms with E-state index in [2.05, 4.69) is 18.8 Å². The van der Waals surface area contributed by atoms with Crippen LogP contribution in [-0.4, -0.2) is 17.4 Å². The van der Waals surface area contributed by atoms with Crippen LogP contribution in [0.1, 0.15) is 29.8 Å². The normalized spacial score (nSPS) is 18.3. The monoisotopic (exact) mass is 267 g/mol. The molecule has 2 aromatic rings. The Bertz CT molecular complexity index is 634. The first kappa shape index (κ1) is 12.9. The number of nitrogens with zero attached hydrogens (tertiary/aromatic N) is 1. The lowest BCUT2D eigenvalue weighted by Crippen LogP contribution is -2.41. The third-order valence-corrected chi connectivity index (χ3v) is 4.17. The fourth-order valence-electron chi connectivity index (χ4n) is 2.75. The molecule has 0 radical (unpaired) electrons. The Balaban J connectivity index is 1.98. The zero-order valence-corrected chi connectivity index (χ0v) is 11.7. The number of pyridine rings is 1. The highest BCUT2D eigenvalue weighted by atomic mass is 16.5. The summed E-state index contributed by atoms with van der Waals surface area (Å²) in [6, 6.07) is 11.4. The van der Waals surface area contributed by atoms with Gasteiger partial charge in [0, 0.05) is 17.8 Å². The van der Waals surface area contributed by atoms with Gasteiger partial charge < -0.3 is 4.74 Å². The van der Waals surface area contributed by atoms with Crippen LogP contribution >= 0.6 is 0 Å². The van der Waals surface area contributed by atoms with Crippen molar-refractivity contribution >= 4 is 5.78 Å². The molecule has 0 aliphatic carbocycles. The van der Waals surface area contributed by atoms with Crippen LogP contribution in [0.25, 0.3) is 0 Å². The van der Waals surface area contributed by atoms with Gasteiger partial charge in [-0.05, 0) is 29.8 Å². The molecule has 2 heterocycles. The summed E-state index contributed by atoms with van der Waals surface area (Å²) in [7, 11) is 0. The Morgan fingerprint density at radius 3 is 2.60 bits per heavy atom. The number of para-hydroxylation sites is 1. The Hall–Kier alpha value is -2.16. The lowest BCUT2D eigenvalue weighted by Gasteiger charge is -2.36. The molecule has 102 valence electrons. The van der Waals surface area contributed by atoms with Crippen molar-refractivity contribution in [1.82, 2.24) is 4.98 Å². The second-order valence-electron chi connectivity index (χ2n) is 5.68. The predicted octanol–water partition coefficient (Wildman–Crippen LogP) is 3.25. The minimum atomic E-state index is -0.284. The number of ether oxygens (including phenoxy) is 1. The van der Waals surface area contributed by atoms with E-state index >= 15 is 0 Å². The van der Waals surface area contributed by atoms with Crippen molar-refractivity contribution in [3.05, 3.63) is 59.9 Å². The lowest BCUT2D eigenvalue weighted by atomic mass is 9.70. The SMILES string of the molecule is CC(C)(c1ccncc1)C1COc2ccccc2C1=O. The fourth-order valence-corrected chi connectivity index (χ4v) is 2.75. The van der Waals surface area contributed by atoms with Crippen LogP contribution in [0.15, 0.2) is 48.8 Å². The zero-order valence-electron chi connectivity index (χ0n) is 11.7. The quantitative estimate of drug-likeness (QED) is 0.838. The van der Waals surface area contributed by atoms with Crippen molar-refractivity contribution in [2.75, 3.05) is 6.61 Å². The van der Waals surface area contributed by atoms with E-state index < -0.39 is 0 Å². The molecule has 3 heteroatoms.